The topological polar surface area (TPSA) is 32.3 Å². The van der Waals surface area contributed by atoms with Gasteiger partial charge in [-0.2, -0.15) is 0 Å². The van der Waals surface area contributed by atoms with Crippen molar-refractivity contribution >= 4 is 5.91 Å². The predicted octanol–water partition coefficient (Wildman–Crippen LogP) is 2.33. The van der Waals surface area contributed by atoms with Gasteiger partial charge >= 0.3 is 0 Å². The standard InChI is InChI=1S/C14H26N2O/c1-3-4-5-6-7-11-16(2)14(17)12-13-9-8-10-15-13/h3,13,15H,1,4-12H2,2H3. The molecule has 1 fully saturated rings. The van der Waals surface area contributed by atoms with Crippen LogP contribution in [0.4, 0.5) is 0 Å². The summed E-state index contributed by atoms with van der Waals surface area (Å²) in [5.74, 6) is 0.285. The zero-order valence-corrected chi connectivity index (χ0v) is 11.1. The number of allylic oxidation sites excluding steroid dienone is 1. The first-order valence-electron chi connectivity index (χ1n) is 6.82. The highest BCUT2D eigenvalue weighted by atomic mass is 16.2. The van der Waals surface area contributed by atoms with Crippen molar-refractivity contribution in [2.45, 2.75) is 51.0 Å². The summed E-state index contributed by atoms with van der Waals surface area (Å²) >= 11 is 0. The number of rotatable bonds is 8. The lowest BCUT2D eigenvalue weighted by molar-refractivity contribution is -0.130. The van der Waals surface area contributed by atoms with Crippen molar-refractivity contribution in [2.75, 3.05) is 20.1 Å². The number of nitrogens with one attached hydrogen (secondary N) is 1. The Bertz CT molecular complexity index is 234. The van der Waals surface area contributed by atoms with Gasteiger partial charge in [-0.3, -0.25) is 4.79 Å². The van der Waals surface area contributed by atoms with Crippen molar-refractivity contribution < 1.29 is 4.79 Å². The molecule has 1 N–H and O–H groups in total. The first-order chi connectivity index (χ1) is 8.24. The number of carbonyl (C=O) groups excluding carboxylic acids is 1. The summed E-state index contributed by atoms with van der Waals surface area (Å²) in [6.07, 6.45) is 9.56. The fourth-order valence-electron chi connectivity index (χ4n) is 2.24. The molecule has 1 rings (SSSR count). The Morgan fingerprint density at radius 3 is 2.94 bits per heavy atom. The molecule has 0 aromatic carbocycles. The van der Waals surface area contributed by atoms with Crippen molar-refractivity contribution in [3.63, 3.8) is 0 Å². The quantitative estimate of drug-likeness (QED) is 0.520. The third kappa shape index (κ3) is 5.87. The number of hydrogen-bond acceptors (Lipinski definition) is 2. The highest BCUT2D eigenvalue weighted by Crippen LogP contribution is 2.10. The molecule has 1 amide bonds. The molecule has 0 radical (unpaired) electrons. The van der Waals surface area contributed by atoms with E-state index in [4.69, 9.17) is 0 Å². The van der Waals surface area contributed by atoms with Crippen molar-refractivity contribution in [2.24, 2.45) is 0 Å². The Morgan fingerprint density at radius 1 is 1.47 bits per heavy atom. The summed E-state index contributed by atoms with van der Waals surface area (Å²) in [7, 11) is 1.92. The Balaban J connectivity index is 2.06. The summed E-state index contributed by atoms with van der Waals surface area (Å²) in [4.78, 5) is 13.8. The van der Waals surface area contributed by atoms with E-state index in [1.54, 1.807) is 0 Å². The van der Waals surface area contributed by atoms with Crippen LogP contribution in [0.25, 0.3) is 0 Å². The molecule has 1 unspecified atom stereocenters. The van der Waals surface area contributed by atoms with E-state index in [0.29, 0.717) is 12.5 Å². The molecule has 0 spiro atoms. The summed E-state index contributed by atoms with van der Waals surface area (Å²) in [5.41, 5.74) is 0. The SMILES string of the molecule is C=CCCCCCN(C)C(=O)CC1CCCN1. The number of carbonyl (C=O) groups is 1. The molecule has 0 aliphatic carbocycles. The van der Waals surface area contributed by atoms with Crippen LogP contribution in [0.2, 0.25) is 0 Å². The number of unbranched alkanes of at least 4 members (excludes halogenated alkanes) is 3. The number of amides is 1. The van der Waals surface area contributed by atoms with E-state index in [0.717, 1.165) is 32.4 Å². The van der Waals surface area contributed by atoms with Crippen LogP contribution in [-0.4, -0.2) is 37.0 Å². The van der Waals surface area contributed by atoms with Gasteiger partial charge in [0.2, 0.25) is 5.91 Å². The zero-order chi connectivity index (χ0) is 12.5. The Hall–Kier alpha value is -0.830. The second kappa shape index (κ2) is 8.29. The van der Waals surface area contributed by atoms with Gasteiger partial charge in [0.1, 0.15) is 0 Å². The van der Waals surface area contributed by atoms with Crippen LogP contribution in [0.3, 0.4) is 0 Å². The summed E-state index contributed by atoms with van der Waals surface area (Å²) < 4.78 is 0. The van der Waals surface area contributed by atoms with E-state index in [2.05, 4.69) is 11.9 Å². The number of hydrogen-bond donors (Lipinski definition) is 1. The van der Waals surface area contributed by atoms with Gasteiger partial charge < -0.3 is 10.2 Å². The molecule has 1 aliphatic heterocycles. The van der Waals surface area contributed by atoms with Gasteiger partial charge in [0.05, 0.1) is 0 Å². The van der Waals surface area contributed by atoms with Crippen molar-refractivity contribution in [3.05, 3.63) is 12.7 Å². The average molecular weight is 238 g/mol. The average Bonchev–Trinajstić information content (AvgIpc) is 2.81. The fourth-order valence-corrected chi connectivity index (χ4v) is 2.24. The lowest BCUT2D eigenvalue weighted by atomic mass is 10.1. The van der Waals surface area contributed by atoms with E-state index in [1.165, 1.54) is 19.3 Å². The molecule has 3 nitrogen and oxygen atoms in total. The molecule has 0 bridgehead atoms. The minimum Gasteiger partial charge on any atom is -0.346 e. The summed E-state index contributed by atoms with van der Waals surface area (Å²) in [6.45, 7) is 5.67. The molecule has 1 atom stereocenters. The van der Waals surface area contributed by atoms with Gasteiger partial charge in [-0.1, -0.05) is 12.5 Å². The van der Waals surface area contributed by atoms with E-state index in [9.17, 15) is 4.79 Å². The van der Waals surface area contributed by atoms with Crippen molar-refractivity contribution in [3.8, 4) is 0 Å². The van der Waals surface area contributed by atoms with Crippen LogP contribution in [0, 0.1) is 0 Å². The molecule has 3 heteroatoms. The van der Waals surface area contributed by atoms with Crippen LogP contribution < -0.4 is 5.32 Å². The molecule has 17 heavy (non-hydrogen) atoms. The largest absolute Gasteiger partial charge is 0.346 e. The Kier molecular flexibility index (Phi) is 6.94. The molecule has 0 saturated carbocycles. The molecular weight excluding hydrogens is 212 g/mol. The van der Waals surface area contributed by atoms with Gasteiger partial charge in [0.25, 0.3) is 0 Å². The third-order valence-electron chi connectivity index (χ3n) is 3.41. The molecule has 1 saturated heterocycles. The minimum absolute atomic E-state index is 0.285. The predicted molar refractivity (Wildman–Crippen MR) is 71.9 cm³/mol. The molecule has 1 aliphatic rings. The monoisotopic (exact) mass is 238 g/mol. The minimum atomic E-state index is 0.285. The molecule has 0 aromatic rings. The lowest BCUT2D eigenvalue weighted by Crippen LogP contribution is -2.33. The maximum atomic E-state index is 11.9. The van der Waals surface area contributed by atoms with Gasteiger partial charge in [-0.15, -0.1) is 6.58 Å². The Morgan fingerprint density at radius 2 is 2.29 bits per heavy atom. The van der Waals surface area contributed by atoms with Crippen molar-refractivity contribution in [1.29, 1.82) is 0 Å². The van der Waals surface area contributed by atoms with Crippen LogP contribution in [0.15, 0.2) is 12.7 Å². The van der Waals surface area contributed by atoms with E-state index < -0.39 is 0 Å². The smallest absolute Gasteiger partial charge is 0.223 e. The first kappa shape index (κ1) is 14.2. The van der Waals surface area contributed by atoms with E-state index in [-0.39, 0.29) is 5.91 Å². The highest BCUT2D eigenvalue weighted by molar-refractivity contribution is 5.76. The highest BCUT2D eigenvalue weighted by Gasteiger charge is 2.19. The third-order valence-corrected chi connectivity index (χ3v) is 3.41. The Labute approximate surface area is 105 Å². The second-order valence-electron chi connectivity index (χ2n) is 4.95. The van der Waals surface area contributed by atoms with Crippen molar-refractivity contribution in [1.82, 2.24) is 10.2 Å². The molecule has 0 aromatic heterocycles. The normalized spacial score (nSPS) is 19.2. The van der Waals surface area contributed by atoms with Gasteiger partial charge in [-0.25, -0.2) is 0 Å². The fraction of sp³-hybridized carbons (Fsp3) is 0.786. The first-order valence-corrected chi connectivity index (χ1v) is 6.82. The van der Waals surface area contributed by atoms with Crippen LogP contribution in [0.5, 0.6) is 0 Å². The summed E-state index contributed by atoms with van der Waals surface area (Å²) in [6, 6.07) is 0.422. The van der Waals surface area contributed by atoms with Crippen LogP contribution in [-0.2, 0) is 4.79 Å². The van der Waals surface area contributed by atoms with Crippen LogP contribution in [0.1, 0.15) is 44.9 Å². The van der Waals surface area contributed by atoms with E-state index in [1.807, 2.05) is 18.0 Å². The second-order valence-corrected chi connectivity index (χ2v) is 4.95. The van der Waals surface area contributed by atoms with Gasteiger partial charge in [-0.05, 0) is 38.6 Å². The maximum absolute atomic E-state index is 11.9. The van der Waals surface area contributed by atoms with Gasteiger partial charge in [0, 0.05) is 26.1 Å². The number of nitrogens with zero attached hydrogens (tertiary/aromatic N) is 1. The maximum Gasteiger partial charge on any atom is 0.223 e. The van der Waals surface area contributed by atoms with Crippen LogP contribution >= 0.6 is 0 Å². The summed E-state index contributed by atoms with van der Waals surface area (Å²) in [5, 5.41) is 3.37. The van der Waals surface area contributed by atoms with E-state index >= 15 is 0 Å². The van der Waals surface area contributed by atoms with Gasteiger partial charge in [0.15, 0.2) is 0 Å². The lowest BCUT2D eigenvalue weighted by Gasteiger charge is -2.19. The molecular formula is C14H26N2O. The molecule has 98 valence electrons. The molecule has 1 heterocycles. The zero-order valence-electron chi connectivity index (χ0n) is 11.1.